The van der Waals surface area contributed by atoms with E-state index in [1.54, 1.807) is 7.11 Å². The molecule has 0 saturated heterocycles. The fourth-order valence-electron chi connectivity index (χ4n) is 2.93. The zero-order valence-electron chi connectivity index (χ0n) is 11.9. The van der Waals surface area contributed by atoms with Gasteiger partial charge in [0, 0.05) is 12.1 Å². The summed E-state index contributed by atoms with van der Waals surface area (Å²) in [6.45, 7) is 0. The summed E-state index contributed by atoms with van der Waals surface area (Å²) in [5.41, 5.74) is 1.93. The Labute approximate surface area is 127 Å². The first-order chi connectivity index (χ1) is 10.2. The van der Waals surface area contributed by atoms with E-state index in [0.717, 1.165) is 34.8 Å². The second kappa shape index (κ2) is 5.97. The molecule has 1 N–H and O–H groups in total. The van der Waals surface area contributed by atoms with Crippen LogP contribution in [-0.4, -0.2) is 33.5 Å². The van der Waals surface area contributed by atoms with Crippen molar-refractivity contribution in [2.24, 2.45) is 0 Å². The number of ether oxygens (including phenoxy) is 1. The van der Waals surface area contributed by atoms with Crippen LogP contribution in [0.25, 0.3) is 11.0 Å². The summed E-state index contributed by atoms with van der Waals surface area (Å²) in [7, 11) is 1.63. The quantitative estimate of drug-likeness (QED) is 0.858. The highest BCUT2D eigenvalue weighted by Crippen LogP contribution is 2.37. The van der Waals surface area contributed by atoms with Gasteiger partial charge < -0.3 is 14.4 Å². The number of carbonyl (C=O) groups is 1. The largest absolute Gasteiger partial charge is 0.497 e. The summed E-state index contributed by atoms with van der Waals surface area (Å²) in [6.07, 6.45) is 4.73. The molecule has 112 valence electrons. The molecule has 2 aromatic rings. The summed E-state index contributed by atoms with van der Waals surface area (Å²) >= 11 is 1.29. The highest BCUT2D eigenvalue weighted by atomic mass is 32.2. The van der Waals surface area contributed by atoms with Crippen molar-refractivity contribution in [3.63, 3.8) is 0 Å². The van der Waals surface area contributed by atoms with Gasteiger partial charge in [-0.25, -0.2) is 4.98 Å². The molecule has 1 fully saturated rings. The van der Waals surface area contributed by atoms with Crippen molar-refractivity contribution in [1.82, 2.24) is 9.55 Å². The SMILES string of the molecule is COc1ccc2c(c1)nc(SCC(=O)O)n2C1CCCC1. The van der Waals surface area contributed by atoms with E-state index < -0.39 is 5.97 Å². The predicted molar refractivity (Wildman–Crippen MR) is 82.1 cm³/mol. The maximum absolute atomic E-state index is 10.8. The Morgan fingerprint density at radius 2 is 2.24 bits per heavy atom. The second-order valence-corrected chi connectivity index (χ2v) is 6.18. The second-order valence-electron chi connectivity index (χ2n) is 5.24. The van der Waals surface area contributed by atoms with E-state index in [2.05, 4.69) is 9.55 Å². The molecule has 21 heavy (non-hydrogen) atoms. The number of hydrogen-bond donors (Lipinski definition) is 1. The van der Waals surface area contributed by atoms with Gasteiger partial charge >= 0.3 is 5.97 Å². The van der Waals surface area contributed by atoms with Crippen molar-refractivity contribution < 1.29 is 14.6 Å². The molecule has 1 aliphatic carbocycles. The summed E-state index contributed by atoms with van der Waals surface area (Å²) in [5.74, 6) is -0.0105. The molecule has 1 aromatic heterocycles. The minimum atomic E-state index is -0.817. The lowest BCUT2D eigenvalue weighted by Gasteiger charge is -2.15. The van der Waals surface area contributed by atoms with Crippen LogP contribution in [0.3, 0.4) is 0 Å². The first-order valence-corrected chi connectivity index (χ1v) is 8.08. The highest BCUT2D eigenvalue weighted by Gasteiger charge is 2.23. The maximum Gasteiger partial charge on any atom is 0.313 e. The Morgan fingerprint density at radius 3 is 2.90 bits per heavy atom. The van der Waals surface area contributed by atoms with Gasteiger partial charge in [0.25, 0.3) is 0 Å². The fraction of sp³-hybridized carbons (Fsp3) is 0.467. The van der Waals surface area contributed by atoms with Crippen molar-refractivity contribution in [2.45, 2.75) is 36.9 Å². The molecular formula is C15H18N2O3S. The van der Waals surface area contributed by atoms with Gasteiger partial charge in [-0.1, -0.05) is 24.6 Å². The Morgan fingerprint density at radius 1 is 1.48 bits per heavy atom. The van der Waals surface area contributed by atoms with Crippen LogP contribution >= 0.6 is 11.8 Å². The van der Waals surface area contributed by atoms with Crippen molar-refractivity contribution in [3.05, 3.63) is 18.2 Å². The number of thioether (sulfide) groups is 1. The molecule has 0 bridgehead atoms. The number of carboxylic acid groups (broad SMARTS) is 1. The lowest BCUT2D eigenvalue weighted by Crippen LogP contribution is -2.07. The molecule has 0 radical (unpaired) electrons. The average molecular weight is 306 g/mol. The number of benzene rings is 1. The molecule has 3 rings (SSSR count). The van der Waals surface area contributed by atoms with E-state index in [1.165, 1.54) is 24.6 Å². The average Bonchev–Trinajstić information content (AvgIpc) is 3.10. The van der Waals surface area contributed by atoms with Crippen LogP contribution in [0.15, 0.2) is 23.4 Å². The summed E-state index contributed by atoms with van der Waals surface area (Å²) < 4.78 is 7.46. The van der Waals surface area contributed by atoms with Crippen LogP contribution < -0.4 is 4.74 Å². The van der Waals surface area contributed by atoms with Crippen LogP contribution in [-0.2, 0) is 4.79 Å². The minimum absolute atomic E-state index is 0.0349. The maximum atomic E-state index is 10.8. The summed E-state index contributed by atoms with van der Waals surface area (Å²) in [5, 5.41) is 9.71. The lowest BCUT2D eigenvalue weighted by atomic mass is 10.2. The standard InChI is InChI=1S/C15H18N2O3S/c1-20-11-6-7-13-12(8-11)16-15(21-9-14(18)19)17(13)10-4-2-3-5-10/h6-8,10H,2-5,9H2,1H3,(H,18,19). The van der Waals surface area contributed by atoms with Crippen molar-refractivity contribution >= 4 is 28.8 Å². The monoisotopic (exact) mass is 306 g/mol. The van der Waals surface area contributed by atoms with E-state index in [9.17, 15) is 4.79 Å². The third kappa shape index (κ3) is 2.85. The molecule has 0 atom stereocenters. The first kappa shape index (κ1) is 14.3. The number of aromatic nitrogens is 2. The normalized spacial score (nSPS) is 15.7. The number of carboxylic acids is 1. The van der Waals surface area contributed by atoms with E-state index in [1.807, 2.05) is 18.2 Å². The van der Waals surface area contributed by atoms with E-state index in [-0.39, 0.29) is 5.75 Å². The number of methoxy groups -OCH3 is 1. The zero-order valence-corrected chi connectivity index (χ0v) is 12.7. The van der Waals surface area contributed by atoms with Gasteiger partial charge in [0.15, 0.2) is 5.16 Å². The fourth-order valence-corrected chi connectivity index (χ4v) is 3.73. The third-order valence-corrected chi connectivity index (χ3v) is 4.82. The Kier molecular flexibility index (Phi) is 4.05. The topological polar surface area (TPSA) is 64.3 Å². The van der Waals surface area contributed by atoms with Gasteiger partial charge in [0.05, 0.1) is 23.9 Å². The molecule has 0 aliphatic heterocycles. The third-order valence-electron chi connectivity index (χ3n) is 3.88. The molecule has 1 heterocycles. The minimum Gasteiger partial charge on any atom is -0.497 e. The van der Waals surface area contributed by atoms with Crippen molar-refractivity contribution in [2.75, 3.05) is 12.9 Å². The Bertz CT molecular complexity index is 662. The molecule has 0 spiro atoms. The number of fused-ring (bicyclic) bond motifs is 1. The van der Waals surface area contributed by atoms with Crippen molar-refractivity contribution in [3.8, 4) is 5.75 Å². The van der Waals surface area contributed by atoms with Gasteiger partial charge in [-0.3, -0.25) is 4.79 Å². The van der Waals surface area contributed by atoms with Gasteiger partial charge in [-0.05, 0) is 25.0 Å². The first-order valence-electron chi connectivity index (χ1n) is 7.09. The number of hydrogen-bond acceptors (Lipinski definition) is 4. The number of rotatable bonds is 5. The zero-order chi connectivity index (χ0) is 14.8. The number of aliphatic carboxylic acids is 1. The lowest BCUT2D eigenvalue weighted by molar-refractivity contribution is -0.133. The van der Waals surface area contributed by atoms with Gasteiger partial charge in [-0.15, -0.1) is 0 Å². The number of nitrogens with zero attached hydrogens (tertiary/aromatic N) is 2. The van der Waals surface area contributed by atoms with Crippen LogP contribution in [0.4, 0.5) is 0 Å². The van der Waals surface area contributed by atoms with Gasteiger partial charge in [-0.2, -0.15) is 0 Å². The van der Waals surface area contributed by atoms with Crippen LogP contribution in [0.5, 0.6) is 5.75 Å². The molecular weight excluding hydrogens is 288 g/mol. The summed E-state index contributed by atoms with van der Waals surface area (Å²) in [4.78, 5) is 15.5. The smallest absolute Gasteiger partial charge is 0.313 e. The van der Waals surface area contributed by atoms with E-state index >= 15 is 0 Å². The molecule has 5 nitrogen and oxygen atoms in total. The Hall–Kier alpha value is -1.69. The van der Waals surface area contributed by atoms with Crippen LogP contribution in [0.1, 0.15) is 31.7 Å². The number of imidazole rings is 1. The van der Waals surface area contributed by atoms with Crippen molar-refractivity contribution in [1.29, 1.82) is 0 Å². The van der Waals surface area contributed by atoms with E-state index in [0.29, 0.717) is 6.04 Å². The predicted octanol–water partition coefficient (Wildman–Crippen LogP) is 3.34. The highest BCUT2D eigenvalue weighted by molar-refractivity contribution is 7.99. The van der Waals surface area contributed by atoms with Crippen LogP contribution in [0.2, 0.25) is 0 Å². The molecule has 0 unspecified atom stereocenters. The van der Waals surface area contributed by atoms with E-state index in [4.69, 9.17) is 9.84 Å². The molecule has 6 heteroatoms. The summed E-state index contributed by atoms with van der Waals surface area (Å²) in [6, 6.07) is 6.29. The van der Waals surface area contributed by atoms with Gasteiger partial charge in [0.2, 0.25) is 0 Å². The van der Waals surface area contributed by atoms with Crippen LogP contribution in [0, 0.1) is 0 Å². The molecule has 0 amide bonds. The molecule has 1 aromatic carbocycles. The molecule has 1 saturated carbocycles. The molecule has 1 aliphatic rings. The van der Waals surface area contributed by atoms with Gasteiger partial charge in [0.1, 0.15) is 5.75 Å². The Balaban J connectivity index is 2.05.